The zero-order valence-corrected chi connectivity index (χ0v) is 24.7. The van der Waals surface area contributed by atoms with E-state index < -0.39 is 0 Å². The monoisotopic (exact) mass is 585 g/mol. The quantitative estimate of drug-likeness (QED) is 0.265. The van der Waals surface area contributed by atoms with E-state index in [-0.39, 0.29) is 17.9 Å². The highest BCUT2D eigenvalue weighted by Gasteiger charge is 2.30. The summed E-state index contributed by atoms with van der Waals surface area (Å²) in [6.45, 7) is 4.08. The number of fused-ring (bicyclic) bond motifs is 1. The van der Waals surface area contributed by atoms with Crippen molar-refractivity contribution in [1.29, 1.82) is 0 Å². The zero-order valence-electron chi connectivity index (χ0n) is 23.9. The molecular weight excluding hydrogens is 550 g/mol. The van der Waals surface area contributed by atoms with E-state index >= 15 is 0 Å². The maximum atomic E-state index is 12.9. The third-order valence-corrected chi connectivity index (χ3v) is 8.83. The van der Waals surface area contributed by atoms with E-state index in [2.05, 4.69) is 39.1 Å². The van der Waals surface area contributed by atoms with Crippen LogP contribution in [-0.4, -0.2) is 79.1 Å². The van der Waals surface area contributed by atoms with E-state index in [0.29, 0.717) is 52.4 Å². The Morgan fingerprint density at radius 2 is 1.98 bits per heavy atom. The SMILES string of the molecule is CCCc1cnc(NC(=O)c2ccc(-c3nn(C4CCN(C(=O)/C=C/CN(C)C5CC5)C4)c4ncnc(N)c34)cc2)s1. The molecule has 1 aromatic carbocycles. The van der Waals surface area contributed by atoms with Gasteiger partial charge < -0.3 is 10.6 Å². The van der Waals surface area contributed by atoms with E-state index in [0.717, 1.165) is 36.2 Å². The van der Waals surface area contributed by atoms with Gasteiger partial charge in [-0.2, -0.15) is 5.10 Å². The van der Waals surface area contributed by atoms with Gasteiger partial charge in [-0.3, -0.25) is 19.8 Å². The molecule has 0 radical (unpaired) electrons. The molecule has 6 rings (SSSR count). The number of amides is 2. The molecule has 0 bridgehead atoms. The number of nitrogen functional groups attached to an aromatic ring is 1. The average Bonchev–Trinajstić information content (AvgIpc) is 3.36. The lowest BCUT2D eigenvalue weighted by atomic mass is 10.1. The Morgan fingerprint density at radius 3 is 2.74 bits per heavy atom. The van der Waals surface area contributed by atoms with Gasteiger partial charge in [-0.25, -0.2) is 19.6 Å². The Labute approximate surface area is 248 Å². The molecule has 11 nitrogen and oxygen atoms in total. The maximum Gasteiger partial charge on any atom is 0.257 e. The average molecular weight is 586 g/mol. The molecule has 2 aliphatic rings. The molecule has 1 saturated carbocycles. The lowest BCUT2D eigenvalue weighted by molar-refractivity contribution is -0.125. The number of nitrogens with zero attached hydrogens (tertiary/aromatic N) is 7. The highest BCUT2D eigenvalue weighted by Crippen LogP contribution is 2.34. The van der Waals surface area contributed by atoms with Crippen LogP contribution < -0.4 is 11.1 Å². The molecule has 218 valence electrons. The van der Waals surface area contributed by atoms with Crippen LogP contribution in [0.1, 0.15) is 53.9 Å². The molecular formula is C30H35N9O2S. The summed E-state index contributed by atoms with van der Waals surface area (Å²) in [4.78, 5) is 44.1. The minimum atomic E-state index is -0.221. The van der Waals surface area contributed by atoms with Crippen LogP contribution in [0.4, 0.5) is 10.9 Å². The van der Waals surface area contributed by atoms with E-state index in [4.69, 9.17) is 10.8 Å². The number of aryl methyl sites for hydroxylation is 1. The fraction of sp³-hybridized carbons (Fsp3) is 0.400. The number of likely N-dealkylation sites (N-methyl/N-ethyl adjacent to an activating group) is 1. The van der Waals surface area contributed by atoms with Crippen molar-refractivity contribution >= 4 is 45.1 Å². The Morgan fingerprint density at radius 1 is 1.17 bits per heavy atom. The van der Waals surface area contributed by atoms with E-state index in [1.807, 2.05) is 34.0 Å². The third-order valence-electron chi connectivity index (χ3n) is 7.85. The lowest BCUT2D eigenvalue weighted by Gasteiger charge is -2.16. The molecule has 1 atom stereocenters. The molecule has 2 fully saturated rings. The normalized spacial score (nSPS) is 17.1. The van der Waals surface area contributed by atoms with Gasteiger partial charge >= 0.3 is 0 Å². The standard InChI is InChI=1S/C30H35N9O2S/c1-3-5-23-16-32-30(42-23)35-29(41)20-9-7-19(8-10-20)26-25-27(31)33-18-34-28(25)39(36-26)22-13-15-38(17-22)24(40)6-4-14-37(2)21-11-12-21/h4,6-10,16,18,21-22H,3,5,11-15,17H2,1-2H3,(H2,31,33,34)(H,32,35,41)/b6-4+. The Balaban J connectivity index is 1.18. The van der Waals surface area contributed by atoms with Crippen LogP contribution in [0.25, 0.3) is 22.3 Å². The van der Waals surface area contributed by atoms with E-state index in [1.165, 1.54) is 30.5 Å². The second kappa shape index (κ2) is 12.0. The lowest BCUT2D eigenvalue weighted by Crippen LogP contribution is -2.28. The van der Waals surface area contributed by atoms with Gasteiger partial charge in [-0.15, -0.1) is 11.3 Å². The summed E-state index contributed by atoms with van der Waals surface area (Å²) in [5, 5.41) is 9.07. The highest BCUT2D eigenvalue weighted by atomic mass is 32.1. The molecule has 1 aliphatic carbocycles. The predicted octanol–water partition coefficient (Wildman–Crippen LogP) is 4.16. The molecule has 1 aliphatic heterocycles. The van der Waals surface area contributed by atoms with Gasteiger partial charge in [0.1, 0.15) is 17.8 Å². The summed E-state index contributed by atoms with van der Waals surface area (Å²) in [6.07, 6.45) is 12.1. The van der Waals surface area contributed by atoms with Crippen molar-refractivity contribution in [2.75, 3.05) is 37.7 Å². The zero-order chi connectivity index (χ0) is 29.2. The first-order chi connectivity index (χ1) is 20.4. The van der Waals surface area contributed by atoms with Gasteiger partial charge in [-0.05, 0) is 44.9 Å². The van der Waals surface area contributed by atoms with Crippen LogP contribution >= 0.6 is 11.3 Å². The molecule has 3 aromatic heterocycles. The molecule has 42 heavy (non-hydrogen) atoms. The smallest absolute Gasteiger partial charge is 0.257 e. The number of hydrogen-bond acceptors (Lipinski definition) is 9. The molecule has 1 unspecified atom stereocenters. The second-order valence-electron chi connectivity index (χ2n) is 11.0. The molecule has 1 saturated heterocycles. The van der Waals surface area contributed by atoms with Crippen molar-refractivity contribution < 1.29 is 9.59 Å². The molecule has 4 aromatic rings. The summed E-state index contributed by atoms with van der Waals surface area (Å²) in [5.41, 5.74) is 8.91. The number of anilines is 2. The van der Waals surface area contributed by atoms with Crippen LogP contribution in [0, 0.1) is 0 Å². The van der Waals surface area contributed by atoms with Crippen LogP contribution in [0.5, 0.6) is 0 Å². The number of benzene rings is 1. The minimum absolute atomic E-state index is 0.0146. The van der Waals surface area contributed by atoms with Gasteiger partial charge in [0, 0.05) is 54.0 Å². The van der Waals surface area contributed by atoms with Gasteiger partial charge in [0.05, 0.1) is 11.4 Å². The summed E-state index contributed by atoms with van der Waals surface area (Å²) in [7, 11) is 2.10. The Bertz CT molecular complexity index is 1620. The van der Waals surface area contributed by atoms with Crippen molar-refractivity contribution in [3.63, 3.8) is 0 Å². The van der Waals surface area contributed by atoms with Crippen LogP contribution in [0.2, 0.25) is 0 Å². The second-order valence-corrected chi connectivity index (χ2v) is 12.1. The van der Waals surface area contributed by atoms with Crippen molar-refractivity contribution in [2.24, 2.45) is 0 Å². The summed E-state index contributed by atoms with van der Waals surface area (Å²) < 4.78 is 1.87. The number of thiazole rings is 1. The largest absolute Gasteiger partial charge is 0.383 e. The number of rotatable bonds is 10. The Hall–Kier alpha value is -4.16. The van der Waals surface area contributed by atoms with Crippen LogP contribution in [-0.2, 0) is 11.2 Å². The molecule has 12 heteroatoms. The van der Waals surface area contributed by atoms with Gasteiger partial charge in [0.2, 0.25) is 5.91 Å². The van der Waals surface area contributed by atoms with Gasteiger partial charge in [0.25, 0.3) is 5.91 Å². The van der Waals surface area contributed by atoms with E-state index in [1.54, 1.807) is 18.2 Å². The number of hydrogen-bond donors (Lipinski definition) is 2. The fourth-order valence-corrected chi connectivity index (χ4v) is 6.27. The maximum absolute atomic E-state index is 12.9. The first kappa shape index (κ1) is 28.0. The first-order valence-corrected chi connectivity index (χ1v) is 15.2. The van der Waals surface area contributed by atoms with Crippen LogP contribution in [0.15, 0.2) is 48.9 Å². The fourth-order valence-electron chi connectivity index (χ4n) is 5.36. The highest BCUT2D eigenvalue weighted by molar-refractivity contribution is 7.15. The molecule has 0 spiro atoms. The number of nitrogens with two attached hydrogens (primary N) is 1. The minimum Gasteiger partial charge on any atom is -0.383 e. The summed E-state index contributed by atoms with van der Waals surface area (Å²) in [5.74, 6) is 0.130. The number of likely N-dealkylation sites (tertiary alicyclic amines) is 1. The number of aromatic nitrogens is 5. The van der Waals surface area contributed by atoms with Crippen molar-refractivity contribution in [3.8, 4) is 11.3 Å². The molecule has 4 heterocycles. The number of nitrogens with one attached hydrogen (secondary N) is 1. The summed E-state index contributed by atoms with van der Waals surface area (Å²) in [6, 6.07) is 7.85. The number of carbonyl (C=O) groups excluding carboxylic acids is 2. The first-order valence-electron chi connectivity index (χ1n) is 14.4. The van der Waals surface area contributed by atoms with Crippen molar-refractivity contribution in [3.05, 3.63) is 59.4 Å². The topological polar surface area (TPSA) is 135 Å². The third kappa shape index (κ3) is 5.90. The summed E-state index contributed by atoms with van der Waals surface area (Å²) >= 11 is 1.49. The Kier molecular flexibility index (Phi) is 7.98. The molecule has 3 N–H and O–H groups in total. The van der Waals surface area contributed by atoms with Gasteiger partial charge in [0.15, 0.2) is 10.8 Å². The van der Waals surface area contributed by atoms with Crippen molar-refractivity contribution in [1.82, 2.24) is 34.5 Å². The van der Waals surface area contributed by atoms with Gasteiger partial charge in [-0.1, -0.05) is 31.6 Å². The molecule has 2 amide bonds. The van der Waals surface area contributed by atoms with E-state index in [9.17, 15) is 9.59 Å². The van der Waals surface area contributed by atoms with Crippen LogP contribution in [0.3, 0.4) is 0 Å². The van der Waals surface area contributed by atoms with Crippen molar-refractivity contribution in [2.45, 2.75) is 51.1 Å². The number of carbonyl (C=O) groups is 2. The predicted molar refractivity (Wildman–Crippen MR) is 164 cm³/mol.